The van der Waals surface area contributed by atoms with Crippen LogP contribution in [0.1, 0.15) is 27.0 Å². The number of nitriles is 1. The Bertz CT molecular complexity index is 1960. The SMILES string of the molecule is Cc1cc(S(C)(=O)=O)c(Cn2cc3ccc(C#N)c(OC4CN(c5ncccc5C(=O)O)C4)c3n2)c2cc[nH]c12. The molecule has 40 heavy (non-hydrogen) atoms. The molecule has 0 unspecified atom stereocenters. The summed E-state index contributed by atoms with van der Waals surface area (Å²) in [5.74, 6) is -0.352. The fourth-order valence-electron chi connectivity index (χ4n) is 5.16. The Morgan fingerprint density at radius 1 is 1.27 bits per heavy atom. The molecular formula is C28H24N6O5S. The minimum atomic E-state index is -3.51. The van der Waals surface area contributed by atoms with E-state index in [1.807, 2.05) is 17.9 Å². The summed E-state index contributed by atoms with van der Waals surface area (Å²) in [6.07, 6.45) is 6.01. The number of sulfone groups is 1. The van der Waals surface area contributed by atoms with Crippen LogP contribution in [-0.2, 0) is 16.4 Å². The van der Waals surface area contributed by atoms with Crippen LogP contribution in [0, 0.1) is 18.3 Å². The molecule has 12 heteroatoms. The minimum Gasteiger partial charge on any atom is -0.483 e. The zero-order valence-corrected chi connectivity index (χ0v) is 22.4. The predicted octanol–water partition coefficient (Wildman–Crippen LogP) is 3.51. The molecule has 3 aromatic heterocycles. The number of nitrogens with one attached hydrogen (secondary N) is 1. The van der Waals surface area contributed by atoms with Gasteiger partial charge in [0.25, 0.3) is 0 Å². The summed E-state index contributed by atoms with van der Waals surface area (Å²) < 4.78 is 33.3. The van der Waals surface area contributed by atoms with Crippen molar-refractivity contribution in [2.75, 3.05) is 24.2 Å². The van der Waals surface area contributed by atoms with Crippen molar-refractivity contribution in [2.24, 2.45) is 0 Å². The van der Waals surface area contributed by atoms with E-state index in [0.717, 1.165) is 21.9 Å². The van der Waals surface area contributed by atoms with E-state index >= 15 is 0 Å². The number of benzene rings is 2. The number of carbonyl (C=O) groups is 1. The van der Waals surface area contributed by atoms with E-state index in [-0.39, 0.29) is 23.1 Å². The number of rotatable bonds is 7. The second-order valence-corrected chi connectivity index (χ2v) is 11.8. The highest BCUT2D eigenvalue weighted by atomic mass is 32.2. The number of hydrogen-bond acceptors (Lipinski definition) is 8. The van der Waals surface area contributed by atoms with Gasteiger partial charge in [-0.05, 0) is 48.9 Å². The zero-order valence-electron chi connectivity index (χ0n) is 21.6. The average molecular weight is 557 g/mol. The van der Waals surface area contributed by atoms with Gasteiger partial charge in [-0.15, -0.1) is 0 Å². The van der Waals surface area contributed by atoms with Crippen molar-refractivity contribution in [3.8, 4) is 11.8 Å². The van der Waals surface area contributed by atoms with Gasteiger partial charge in [0.05, 0.1) is 30.1 Å². The first-order valence-electron chi connectivity index (χ1n) is 12.4. The van der Waals surface area contributed by atoms with Crippen molar-refractivity contribution in [2.45, 2.75) is 24.5 Å². The van der Waals surface area contributed by atoms with Gasteiger partial charge in [-0.2, -0.15) is 10.4 Å². The molecule has 5 aromatic rings. The molecule has 0 bridgehead atoms. The molecule has 11 nitrogen and oxygen atoms in total. The van der Waals surface area contributed by atoms with Crippen LogP contribution in [0.3, 0.4) is 0 Å². The average Bonchev–Trinajstić information content (AvgIpc) is 3.54. The normalized spacial score (nSPS) is 13.9. The standard InChI is InChI=1S/C28H24N6O5S/c1-16-10-23(40(2,37)38)22(20-7-9-30-24(16)20)15-34-12-18-6-5-17(11-29)26(25(18)32-34)39-19-13-33(14-19)27-21(28(35)36)4-3-8-31-27/h3-10,12,19,30H,13-15H2,1-2H3,(H,35,36). The summed E-state index contributed by atoms with van der Waals surface area (Å²) in [5, 5.41) is 25.5. The molecule has 0 aliphatic carbocycles. The maximum atomic E-state index is 12.7. The van der Waals surface area contributed by atoms with Crippen LogP contribution in [0.2, 0.25) is 0 Å². The lowest BCUT2D eigenvalue weighted by Crippen LogP contribution is -2.54. The van der Waals surface area contributed by atoms with Gasteiger partial charge in [0.15, 0.2) is 15.6 Å². The highest BCUT2D eigenvalue weighted by molar-refractivity contribution is 7.90. The van der Waals surface area contributed by atoms with Crippen LogP contribution < -0.4 is 9.64 Å². The summed E-state index contributed by atoms with van der Waals surface area (Å²) in [5.41, 5.74) is 3.24. The third kappa shape index (κ3) is 4.30. The van der Waals surface area contributed by atoms with Crippen molar-refractivity contribution >= 4 is 43.4 Å². The molecule has 4 heterocycles. The van der Waals surface area contributed by atoms with E-state index in [2.05, 4.69) is 16.0 Å². The smallest absolute Gasteiger partial charge is 0.339 e. The molecule has 1 fully saturated rings. The Labute approximate surface area is 229 Å². The van der Waals surface area contributed by atoms with Crippen molar-refractivity contribution in [3.05, 3.63) is 77.2 Å². The number of carboxylic acid groups (broad SMARTS) is 1. The van der Waals surface area contributed by atoms with Gasteiger partial charge in [-0.25, -0.2) is 18.2 Å². The lowest BCUT2D eigenvalue weighted by molar-refractivity contribution is 0.0695. The minimum absolute atomic E-state index is 0.112. The molecule has 1 aliphatic rings. The highest BCUT2D eigenvalue weighted by Gasteiger charge is 2.33. The van der Waals surface area contributed by atoms with Crippen molar-refractivity contribution in [3.63, 3.8) is 0 Å². The van der Waals surface area contributed by atoms with Crippen molar-refractivity contribution in [1.29, 1.82) is 5.26 Å². The molecular weight excluding hydrogens is 532 g/mol. The first-order chi connectivity index (χ1) is 19.1. The summed E-state index contributed by atoms with van der Waals surface area (Å²) >= 11 is 0. The molecule has 0 radical (unpaired) electrons. The Kier molecular flexibility index (Phi) is 5.96. The largest absolute Gasteiger partial charge is 0.483 e. The van der Waals surface area contributed by atoms with Crippen LogP contribution in [0.5, 0.6) is 5.75 Å². The first kappa shape index (κ1) is 25.4. The number of fused-ring (bicyclic) bond motifs is 2. The zero-order chi connectivity index (χ0) is 28.2. The molecule has 0 atom stereocenters. The van der Waals surface area contributed by atoms with E-state index < -0.39 is 15.8 Å². The highest BCUT2D eigenvalue weighted by Crippen LogP contribution is 2.34. The molecule has 2 N–H and O–H groups in total. The van der Waals surface area contributed by atoms with Gasteiger partial charge in [0.2, 0.25) is 0 Å². The topological polar surface area (TPSA) is 154 Å². The fourth-order valence-corrected chi connectivity index (χ4v) is 6.17. The Balaban J connectivity index is 1.32. The number of aromatic amines is 1. The van der Waals surface area contributed by atoms with Crippen LogP contribution in [0.4, 0.5) is 5.82 Å². The Morgan fingerprint density at radius 3 is 2.80 bits per heavy atom. The maximum absolute atomic E-state index is 12.7. The number of aromatic nitrogens is 4. The van der Waals surface area contributed by atoms with E-state index in [0.29, 0.717) is 41.3 Å². The number of aromatic carboxylic acids is 1. The summed E-state index contributed by atoms with van der Waals surface area (Å²) in [4.78, 5) is 21.0. The number of pyridine rings is 1. The summed E-state index contributed by atoms with van der Waals surface area (Å²) in [6.45, 7) is 2.85. The van der Waals surface area contributed by atoms with E-state index in [9.17, 15) is 23.6 Å². The monoisotopic (exact) mass is 556 g/mol. The second kappa shape index (κ2) is 9.39. The number of hydrogen-bond donors (Lipinski definition) is 2. The molecule has 0 saturated carbocycles. The first-order valence-corrected chi connectivity index (χ1v) is 14.3. The van der Waals surface area contributed by atoms with Gasteiger partial charge in [-0.3, -0.25) is 4.68 Å². The molecule has 0 spiro atoms. The molecule has 202 valence electrons. The second-order valence-electron chi connectivity index (χ2n) is 9.85. The number of aryl methyl sites for hydroxylation is 1. The van der Waals surface area contributed by atoms with Gasteiger partial charge in [0.1, 0.15) is 29.1 Å². The van der Waals surface area contributed by atoms with Gasteiger partial charge < -0.3 is 19.7 Å². The molecule has 2 aromatic carbocycles. The van der Waals surface area contributed by atoms with Gasteiger partial charge in [-0.1, -0.05) is 0 Å². The number of carboxylic acids is 1. The third-order valence-electron chi connectivity index (χ3n) is 7.08. The summed E-state index contributed by atoms with van der Waals surface area (Å²) in [7, 11) is -3.51. The third-order valence-corrected chi connectivity index (χ3v) is 8.24. The van der Waals surface area contributed by atoms with Gasteiger partial charge >= 0.3 is 5.97 Å². The van der Waals surface area contributed by atoms with E-state index in [1.165, 1.54) is 12.3 Å². The molecule has 6 rings (SSSR count). The Hall–Kier alpha value is -4.89. The van der Waals surface area contributed by atoms with Crippen molar-refractivity contribution < 1.29 is 23.1 Å². The number of ether oxygens (including phenoxy) is 1. The van der Waals surface area contributed by atoms with Gasteiger partial charge in [0, 0.05) is 46.7 Å². The number of anilines is 1. The predicted molar refractivity (Wildman–Crippen MR) is 148 cm³/mol. The van der Waals surface area contributed by atoms with Crippen molar-refractivity contribution in [1.82, 2.24) is 19.7 Å². The van der Waals surface area contributed by atoms with E-state index in [1.54, 1.807) is 47.5 Å². The molecule has 1 saturated heterocycles. The number of H-pyrrole nitrogens is 1. The lowest BCUT2D eigenvalue weighted by Gasteiger charge is -2.40. The fraction of sp³-hybridized carbons (Fsp3) is 0.214. The molecule has 1 aliphatic heterocycles. The van der Waals surface area contributed by atoms with E-state index in [4.69, 9.17) is 9.84 Å². The summed E-state index contributed by atoms with van der Waals surface area (Å²) in [6, 6.07) is 12.2. The van der Waals surface area contributed by atoms with Crippen LogP contribution in [-0.4, -0.2) is 64.7 Å². The van der Waals surface area contributed by atoms with Crippen LogP contribution in [0.15, 0.2) is 59.9 Å². The Morgan fingerprint density at radius 2 is 2.08 bits per heavy atom. The molecule has 0 amide bonds. The van der Waals surface area contributed by atoms with Crippen LogP contribution in [0.25, 0.3) is 21.8 Å². The number of nitrogens with zero attached hydrogens (tertiary/aromatic N) is 5. The maximum Gasteiger partial charge on any atom is 0.339 e. The van der Waals surface area contributed by atoms with Crippen LogP contribution >= 0.6 is 0 Å². The lowest BCUT2D eigenvalue weighted by atomic mass is 10.1. The quantitative estimate of drug-likeness (QED) is 0.306.